The van der Waals surface area contributed by atoms with Crippen molar-refractivity contribution in [2.75, 3.05) is 6.61 Å². The van der Waals surface area contributed by atoms with E-state index in [0.717, 1.165) is 6.08 Å². The summed E-state index contributed by atoms with van der Waals surface area (Å²) in [5.74, 6) is 3.22. The molecule has 122 valence electrons. The van der Waals surface area contributed by atoms with Gasteiger partial charge in [-0.15, -0.1) is 5.92 Å². The van der Waals surface area contributed by atoms with Crippen LogP contribution in [0.5, 0.6) is 0 Å². The standard InChI is InChI=1S/C16H19Cl2FO3/c1-4-6-12(11(19)7-5-8-20)22-15(21)14-10(9-13(17)18)16(14,2)3/h7,9-10,12,14,20H,5,8H2,1-3H3. The summed E-state index contributed by atoms with van der Waals surface area (Å²) in [4.78, 5) is 12.2. The van der Waals surface area contributed by atoms with E-state index in [1.54, 1.807) is 6.08 Å². The summed E-state index contributed by atoms with van der Waals surface area (Å²) in [6.45, 7) is 5.11. The smallest absolute Gasteiger partial charge is 0.311 e. The van der Waals surface area contributed by atoms with E-state index >= 15 is 0 Å². The predicted molar refractivity (Wildman–Crippen MR) is 84.8 cm³/mol. The molecule has 1 N–H and O–H groups in total. The van der Waals surface area contributed by atoms with Crippen molar-refractivity contribution >= 4 is 29.2 Å². The van der Waals surface area contributed by atoms with Gasteiger partial charge >= 0.3 is 5.97 Å². The maximum atomic E-state index is 13.9. The number of ether oxygens (including phenoxy) is 1. The van der Waals surface area contributed by atoms with E-state index in [1.807, 2.05) is 13.8 Å². The fourth-order valence-corrected chi connectivity index (χ4v) is 2.63. The third kappa shape index (κ3) is 4.74. The molecule has 0 amide bonds. The van der Waals surface area contributed by atoms with Gasteiger partial charge in [0.2, 0.25) is 6.10 Å². The van der Waals surface area contributed by atoms with Crippen molar-refractivity contribution in [3.8, 4) is 11.8 Å². The highest BCUT2D eigenvalue weighted by Crippen LogP contribution is 2.60. The van der Waals surface area contributed by atoms with E-state index in [0.29, 0.717) is 0 Å². The van der Waals surface area contributed by atoms with Crippen LogP contribution in [0, 0.1) is 29.1 Å². The lowest BCUT2D eigenvalue weighted by molar-refractivity contribution is -0.148. The summed E-state index contributed by atoms with van der Waals surface area (Å²) in [6, 6.07) is 0. The zero-order valence-corrected chi connectivity index (χ0v) is 14.2. The number of aliphatic hydroxyl groups is 1. The summed E-state index contributed by atoms with van der Waals surface area (Å²) in [6.07, 6.45) is 1.63. The number of rotatable bonds is 6. The van der Waals surface area contributed by atoms with Crippen LogP contribution < -0.4 is 0 Å². The first-order chi connectivity index (χ1) is 10.3. The third-order valence-corrected chi connectivity index (χ3v) is 3.95. The van der Waals surface area contributed by atoms with Crippen LogP contribution in [0.15, 0.2) is 22.5 Å². The molecule has 3 nitrogen and oxygen atoms in total. The molecule has 1 saturated carbocycles. The summed E-state index contributed by atoms with van der Waals surface area (Å²) < 4.78 is 19.2. The number of aliphatic hydroxyl groups excluding tert-OH is 1. The summed E-state index contributed by atoms with van der Waals surface area (Å²) in [5, 5.41) is 8.71. The van der Waals surface area contributed by atoms with Crippen molar-refractivity contribution in [1.29, 1.82) is 0 Å². The Morgan fingerprint density at radius 1 is 1.50 bits per heavy atom. The Morgan fingerprint density at radius 2 is 2.14 bits per heavy atom. The number of hydrogen-bond acceptors (Lipinski definition) is 3. The molecule has 0 radical (unpaired) electrons. The van der Waals surface area contributed by atoms with Crippen LogP contribution in [0.4, 0.5) is 4.39 Å². The molecule has 1 fully saturated rings. The minimum absolute atomic E-state index is 0.0901. The monoisotopic (exact) mass is 348 g/mol. The van der Waals surface area contributed by atoms with Crippen LogP contribution in [-0.4, -0.2) is 23.8 Å². The average Bonchev–Trinajstić information content (AvgIpc) is 2.95. The van der Waals surface area contributed by atoms with Crippen LogP contribution in [0.2, 0.25) is 0 Å². The van der Waals surface area contributed by atoms with Gasteiger partial charge in [-0.05, 0) is 36.8 Å². The molecule has 3 atom stereocenters. The molecule has 1 rings (SSSR count). The van der Waals surface area contributed by atoms with E-state index in [2.05, 4.69) is 11.8 Å². The molecule has 6 heteroatoms. The zero-order chi connectivity index (χ0) is 16.9. The molecule has 22 heavy (non-hydrogen) atoms. The molecular formula is C16H19Cl2FO3. The van der Waals surface area contributed by atoms with E-state index in [1.165, 1.54) is 6.92 Å². The second-order valence-electron chi connectivity index (χ2n) is 5.59. The first kappa shape index (κ1) is 19.0. The van der Waals surface area contributed by atoms with E-state index < -0.39 is 23.8 Å². The van der Waals surface area contributed by atoms with Crippen molar-refractivity contribution < 1.29 is 19.0 Å². The number of carbonyl (C=O) groups is 1. The lowest BCUT2D eigenvalue weighted by atomic mass is 10.1. The predicted octanol–water partition coefficient (Wildman–Crippen LogP) is 3.75. The molecule has 1 aliphatic carbocycles. The minimum atomic E-state index is -1.25. The fourth-order valence-electron chi connectivity index (χ4n) is 2.36. The van der Waals surface area contributed by atoms with Gasteiger partial charge in [-0.1, -0.05) is 43.0 Å². The maximum Gasteiger partial charge on any atom is 0.311 e. The van der Waals surface area contributed by atoms with Gasteiger partial charge in [-0.25, -0.2) is 4.39 Å². The average molecular weight is 349 g/mol. The van der Waals surface area contributed by atoms with Crippen molar-refractivity contribution in [1.82, 2.24) is 0 Å². The molecule has 0 aromatic carbocycles. The van der Waals surface area contributed by atoms with E-state index in [-0.39, 0.29) is 28.9 Å². The van der Waals surface area contributed by atoms with Crippen LogP contribution >= 0.6 is 23.2 Å². The normalized spacial score (nSPS) is 23.9. The SMILES string of the molecule is CC#CC(OC(=O)C1C(C=C(Cl)Cl)C1(C)C)C(F)=CCCO. The Morgan fingerprint density at radius 3 is 2.64 bits per heavy atom. The molecule has 1 aliphatic rings. The minimum Gasteiger partial charge on any atom is -0.441 e. The fraction of sp³-hybridized carbons (Fsp3) is 0.562. The zero-order valence-electron chi connectivity index (χ0n) is 12.7. The number of allylic oxidation sites excluding steroid dienone is 1. The van der Waals surface area contributed by atoms with Gasteiger partial charge in [0, 0.05) is 6.61 Å². The molecule has 0 aromatic heterocycles. The molecule has 0 aromatic rings. The van der Waals surface area contributed by atoms with E-state index in [4.69, 9.17) is 33.0 Å². The molecule has 0 heterocycles. The first-order valence-corrected chi connectivity index (χ1v) is 7.63. The van der Waals surface area contributed by atoms with Crippen LogP contribution in [0.3, 0.4) is 0 Å². The lowest BCUT2D eigenvalue weighted by Crippen LogP contribution is -2.20. The van der Waals surface area contributed by atoms with Gasteiger partial charge in [-0.3, -0.25) is 4.79 Å². The molecule has 0 aliphatic heterocycles. The Bertz CT molecular complexity index is 539. The largest absolute Gasteiger partial charge is 0.441 e. The highest BCUT2D eigenvalue weighted by atomic mass is 35.5. The summed E-state index contributed by atoms with van der Waals surface area (Å²) in [7, 11) is 0. The highest BCUT2D eigenvalue weighted by molar-refractivity contribution is 6.55. The van der Waals surface area contributed by atoms with Crippen molar-refractivity contribution in [3.05, 3.63) is 22.5 Å². The number of hydrogen-bond donors (Lipinski definition) is 1. The number of esters is 1. The van der Waals surface area contributed by atoms with Gasteiger partial charge in [-0.2, -0.15) is 0 Å². The molecule has 0 bridgehead atoms. The summed E-state index contributed by atoms with van der Waals surface area (Å²) in [5.41, 5.74) is -0.346. The van der Waals surface area contributed by atoms with Crippen molar-refractivity contribution in [3.63, 3.8) is 0 Å². The number of halogens is 3. The van der Waals surface area contributed by atoms with E-state index in [9.17, 15) is 9.18 Å². The maximum absolute atomic E-state index is 13.9. The topological polar surface area (TPSA) is 46.5 Å². The number of carbonyl (C=O) groups excluding carboxylic acids is 1. The third-order valence-electron chi connectivity index (χ3n) is 3.70. The Labute approximate surface area is 140 Å². The summed E-state index contributed by atoms with van der Waals surface area (Å²) >= 11 is 11.3. The molecular weight excluding hydrogens is 330 g/mol. The first-order valence-electron chi connectivity index (χ1n) is 6.87. The van der Waals surface area contributed by atoms with Crippen molar-refractivity contribution in [2.45, 2.75) is 33.3 Å². The van der Waals surface area contributed by atoms with Gasteiger partial charge in [0.15, 0.2) is 0 Å². The van der Waals surface area contributed by atoms with Crippen LogP contribution in [0.1, 0.15) is 27.2 Å². The van der Waals surface area contributed by atoms with Gasteiger partial charge in [0.1, 0.15) is 10.3 Å². The second kappa shape index (κ2) is 8.01. The Balaban J connectivity index is 2.81. The van der Waals surface area contributed by atoms with Gasteiger partial charge in [0.05, 0.1) is 5.92 Å². The lowest BCUT2D eigenvalue weighted by Gasteiger charge is -2.11. The Kier molecular flexibility index (Phi) is 6.93. The van der Waals surface area contributed by atoms with Crippen LogP contribution in [-0.2, 0) is 9.53 Å². The molecule has 0 spiro atoms. The second-order valence-corrected chi connectivity index (χ2v) is 6.60. The molecule has 0 saturated heterocycles. The molecule has 3 unspecified atom stereocenters. The highest BCUT2D eigenvalue weighted by Gasteiger charge is 2.62. The van der Waals surface area contributed by atoms with Crippen LogP contribution in [0.25, 0.3) is 0 Å². The van der Waals surface area contributed by atoms with Crippen molar-refractivity contribution in [2.24, 2.45) is 17.3 Å². The Hall–Kier alpha value is -1.02. The van der Waals surface area contributed by atoms with Gasteiger partial charge in [0.25, 0.3) is 0 Å². The quantitative estimate of drug-likeness (QED) is 0.587. The van der Waals surface area contributed by atoms with Gasteiger partial charge < -0.3 is 9.84 Å².